The molecule has 0 saturated heterocycles. The largest absolute Gasteiger partial charge is 0.460 e. The van der Waals surface area contributed by atoms with Gasteiger partial charge in [0.05, 0.1) is 27.8 Å². The molecule has 0 unspecified atom stereocenters. The lowest BCUT2D eigenvalue weighted by atomic mass is 10.1. The lowest BCUT2D eigenvalue weighted by molar-refractivity contribution is -0.114. The van der Waals surface area contributed by atoms with E-state index in [0.29, 0.717) is 29.1 Å². The number of amides is 3. The number of carbonyl (C=O) groups excluding carboxylic acids is 4. The molecule has 2 heterocycles. The Hall–Kier alpha value is -6.81. The molecule has 246 valence electrons. The number of carbonyl (C=O) groups is 4. The van der Waals surface area contributed by atoms with Gasteiger partial charge in [-0.1, -0.05) is 49.4 Å². The second kappa shape index (κ2) is 13.0. The first kappa shape index (κ1) is 31.8. The predicted molar refractivity (Wildman–Crippen MR) is 187 cm³/mol. The molecule has 1 N–H and O–H groups in total. The van der Waals surface area contributed by atoms with Crippen LogP contribution in [-0.2, 0) is 11.2 Å². The minimum absolute atomic E-state index is 0.00632. The van der Waals surface area contributed by atoms with E-state index in [-0.39, 0.29) is 50.5 Å². The van der Waals surface area contributed by atoms with Crippen molar-refractivity contribution in [3.05, 3.63) is 148 Å². The van der Waals surface area contributed by atoms with Crippen molar-refractivity contribution in [1.82, 2.24) is 0 Å². The molecule has 10 nitrogen and oxygen atoms in total. The second-order valence-corrected chi connectivity index (χ2v) is 11.6. The molecule has 7 rings (SSSR count). The number of fused-ring (bicyclic) bond motifs is 2. The van der Waals surface area contributed by atoms with Crippen molar-refractivity contribution in [2.24, 2.45) is 0 Å². The number of aryl methyl sites for hydroxylation is 1. The molecule has 0 atom stereocenters. The highest BCUT2D eigenvalue weighted by molar-refractivity contribution is 6.34. The van der Waals surface area contributed by atoms with E-state index in [0.717, 1.165) is 16.0 Å². The number of esters is 1. The first-order chi connectivity index (χ1) is 24.2. The van der Waals surface area contributed by atoms with Crippen LogP contribution in [0.3, 0.4) is 0 Å². The van der Waals surface area contributed by atoms with Gasteiger partial charge in [0, 0.05) is 18.7 Å². The Balaban J connectivity index is 1.10. The van der Waals surface area contributed by atoms with E-state index in [1.165, 1.54) is 37.5 Å². The number of benzene rings is 5. The molecular formula is C40H28N2O8. The van der Waals surface area contributed by atoms with E-state index in [1.807, 2.05) is 49.4 Å². The SMILES string of the molecule is CCc1cc2c(=O)c(Oc3ccc(-c4ccccc4)cc3)coc2cc1OC(=O)c1ccc2c(c1)C(=O)N(c1ccc(NC(C)=O)cc1)C2=O. The number of imide groups is 1. The van der Waals surface area contributed by atoms with Gasteiger partial charge in [0.2, 0.25) is 17.1 Å². The normalized spacial score (nSPS) is 12.2. The summed E-state index contributed by atoms with van der Waals surface area (Å²) < 4.78 is 17.4. The molecule has 3 amide bonds. The van der Waals surface area contributed by atoms with Gasteiger partial charge in [-0.05, 0) is 83.8 Å². The number of ether oxygens (including phenoxy) is 2. The zero-order chi connectivity index (χ0) is 34.9. The Kier molecular flexibility index (Phi) is 8.26. The maximum atomic E-state index is 13.4. The first-order valence-corrected chi connectivity index (χ1v) is 15.7. The van der Waals surface area contributed by atoms with Gasteiger partial charge in [-0.15, -0.1) is 0 Å². The second-order valence-electron chi connectivity index (χ2n) is 11.6. The fraction of sp³-hybridized carbons (Fsp3) is 0.0750. The molecule has 0 aliphatic carbocycles. The highest BCUT2D eigenvalue weighted by atomic mass is 16.5. The molecule has 1 aliphatic heterocycles. The highest BCUT2D eigenvalue weighted by Gasteiger charge is 2.37. The summed E-state index contributed by atoms with van der Waals surface area (Å²) in [5.74, 6) is -1.50. The van der Waals surface area contributed by atoms with E-state index in [4.69, 9.17) is 13.9 Å². The number of hydrogen-bond acceptors (Lipinski definition) is 8. The van der Waals surface area contributed by atoms with Crippen LogP contribution in [0, 0.1) is 0 Å². The summed E-state index contributed by atoms with van der Waals surface area (Å²) >= 11 is 0. The number of hydrogen-bond donors (Lipinski definition) is 1. The van der Waals surface area contributed by atoms with Crippen LogP contribution in [0.5, 0.6) is 17.2 Å². The zero-order valence-corrected chi connectivity index (χ0v) is 26.9. The molecule has 50 heavy (non-hydrogen) atoms. The zero-order valence-electron chi connectivity index (χ0n) is 26.9. The molecule has 0 bridgehead atoms. The van der Waals surface area contributed by atoms with Gasteiger partial charge in [-0.3, -0.25) is 19.2 Å². The summed E-state index contributed by atoms with van der Waals surface area (Å²) in [4.78, 5) is 65.6. The van der Waals surface area contributed by atoms with Crippen LogP contribution in [0.15, 0.2) is 125 Å². The van der Waals surface area contributed by atoms with Crippen molar-refractivity contribution >= 4 is 46.0 Å². The third-order valence-corrected chi connectivity index (χ3v) is 8.26. The number of nitrogens with zero attached hydrogens (tertiary/aromatic N) is 1. The maximum absolute atomic E-state index is 13.4. The lowest BCUT2D eigenvalue weighted by Crippen LogP contribution is -2.29. The monoisotopic (exact) mass is 664 g/mol. The fourth-order valence-corrected chi connectivity index (χ4v) is 5.76. The van der Waals surface area contributed by atoms with Crippen molar-refractivity contribution in [3.8, 4) is 28.4 Å². The van der Waals surface area contributed by atoms with Gasteiger partial charge in [-0.25, -0.2) is 9.69 Å². The Morgan fingerprint density at radius 1 is 0.760 bits per heavy atom. The molecule has 0 fully saturated rings. The predicted octanol–water partition coefficient (Wildman–Crippen LogP) is 7.79. The van der Waals surface area contributed by atoms with Gasteiger partial charge >= 0.3 is 5.97 Å². The molecule has 1 aliphatic rings. The van der Waals surface area contributed by atoms with E-state index in [2.05, 4.69) is 5.32 Å². The smallest absolute Gasteiger partial charge is 0.343 e. The highest BCUT2D eigenvalue weighted by Crippen LogP contribution is 2.32. The van der Waals surface area contributed by atoms with Gasteiger partial charge in [0.15, 0.2) is 0 Å². The third kappa shape index (κ3) is 6.01. The van der Waals surface area contributed by atoms with Crippen LogP contribution in [0.4, 0.5) is 11.4 Å². The first-order valence-electron chi connectivity index (χ1n) is 15.7. The molecule has 5 aromatic carbocycles. The minimum Gasteiger partial charge on any atom is -0.460 e. The van der Waals surface area contributed by atoms with Crippen molar-refractivity contribution < 1.29 is 33.1 Å². The lowest BCUT2D eigenvalue weighted by Gasteiger charge is -2.14. The number of anilines is 2. The van der Waals surface area contributed by atoms with Crippen LogP contribution < -0.4 is 25.1 Å². The standard InChI is InChI=1S/C40H28N2O8/c1-3-24-19-33-35(48-22-36(37(33)44)49-30-16-9-26(10-17-30)25-7-5-4-6-8-25)21-34(24)50-40(47)27-11-18-31-32(20-27)39(46)42(38(31)45)29-14-12-28(13-15-29)41-23(2)43/h4-22H,3H2,1-2H3,(H,41,43). The Bertz CT molecular complexity index is 2380. The Morgan fingerprint density at radius 3 is 2.16 bits per heavy atom. The van der Waals surface area contributed by atoms with Crippen molar-refractivity contribution in [2.45, 2.75) is 20.3 Å². The number of nitrogens with one attached hydrogen (secondary N) is 1. The molecule has 0 spiro atoms. The Morgan fingerprint density at radius 2 is 1.46 bits per heavy atom. The average Bonchev–Trinajstić information content (AvgIpc) is 3.38. The van der Waals surface area contributed by atoms with Gasteiger partial charge in [0.25, 0.3) is 11.8 Å². The maximum Gasteiger partial charge on any atom is 0.343 e. The fourth-order valence-electron chi connectivity index (χ4n) is 5.76. The van der Waals surface area contributed by atoms with E-state index in [1.54, 1.807) is 42.5 Å². The topological polar surface area (TPSA) is 132 Å². The molecule has 0 radical (unpaired) electrons. The number of rotatable bonds is 8. The van der Waals surface area contributed by atoms with Crippen LogP contribution in [0.2, 0.25) is 0 Å². The summed E-state index contributed by atoms with van der Waals surface area (Å²) in [5.41, 5.74) is 3.52. The van der Waals surface area contributed by atoms with Gasteiger partial charge in [-0.2, -0.15) is 0 Å². The summed E-state index contributed by atoms with van der Waals surface area (Å²) in [7, 11) is 0. The molecule has 1 aromatic heterocycles. The molecule has 10 heteroatoms. The van der Waals surface area contributed by atoms with Crippen molar-refractivity contribution in [3.63, 3.8) is 0 Å². The quantitative estimate of drug-likeness (QED) is 0.0991. The van der Waals surface area contributed by atoms with E-state index < -0.39 is 17.8 Å². The summed E-state index contributed by atoms with van der Waals surface area (Å²) in [6, 6.07) is 30.7. The van der Waals surface area contributed by atoms with Crippen LogP contribution in [0.1, 0.15) is 50.5 Å². The Labute approximate surface area is 285 Å². The van der Waals surface area contributed by atoms with Crippen LogP contribution in [0.25, 0.3) is 22.1 Å². The van der Waals surface area contributed by atoms with Gasteiger partial charge < -0.3 is 19.2 Å². The van der Waals surface area contributed by atoms with E-state index >= 15 is 0 Å². The average molecular weight is 665 g/mol. The van der Waals surface area contributed by atoms with E-state index in [9.17, 15) is 24.0 Å². The van der Waals surface area contributed by atoms with Crippen LogP contribution >= 0.6 is 0 Å². The van der Waals surface area contributed by atoms with Crippen LogP contribution in [-0.4, -0.2) is 23.7 Å². The molecular weight excluding hydrogens is 636 g/mol. The van der Waals surface area contributed by atoms with Crippen molar-refractivity contribution in [1.29, 1.82) is 0 Å². The molecule has 0 saturated carbocycles. The summed E-state index contributed by atoms with van der Waals surface area (Å²) in [6.45, 7) is 3.23. The third-order valence-electron chi connectivity index (χ3n) is 8.26. The molecule has 6 aromatic rings. The summed E-state index contributed by atoms with van der Waals surface area (Å²) in [5, 5.41) is 2.89. The van der Waals surface area contributed by atoms with Gasteiger partial charge in [0.1, 0.15) is 23.3 Å². The minimum atomic E-state index is -0.763. The summed E-state index contributed by atoms with van der Waals surface area (Å²) in [6.07, 6.45) is 1.64. The van der Waals surface area contributed by atoms with Crippen molar-refractivity contribution in [2.75, 3.05) is 10.2 Å².